The van der Waals surface area contributed by atoms with Crippen LogP contribution in [-0.2, 0) is 4.79 Å². The van der Waals surface area contributed by atoms with Crippen molar-refractivity contribution in [2.24, 2.45) is 0 Å². The zero-order valence-corrected chi connectivity index (χ0v) is 11.4. The van der Waals surface area contributed by atoms with Crippen LogP contribution in [-0.4, -0.2) is 43.5 Å². The highest BCUT2D eigenvalue weighted by atomic mass is 16.2. The minimum Gasteiger partial charge on any atom is -0.330 e. The molecule has 7 heteroatoms. The summed E-state index contributed by atoms with van der Waals surface area (Å²) in [6, 6.07) is 7.24. The minimum absolute atomic E-state index is 0.277. The predicted octanol–water partition coefficient (Wildman–Crippen LogP) is 0.889. The second-order valence-electron chi connectivity index (χ2n) is 3.72. The van der Waals surface area contributed by atoms with Gasteiger partial charge in [0.25, 0.3) is 0 Å². The summed E-state index contributed by atoms with van der Waals surface area (Å²) in [4.78, 5) is 35.6. The lowest BCUT2D eigenvalue weighted by molar-refractivity contribution is 0.187. The molecular weight excluding hydrogens is 260 g/mol. The fraction of sp³-hybridized carbons (Fsp3) is 0.308. The van der Waals surface area contributed by atoms with Crippen molar-refractivity contribution in [3.8, 4) is 0 Å². The van der Waals surface area contributed by atoms with Crippen LogP contribution in [0, 0.1) is 0 Å². The highest BCUT2D eigenvalue weighted by Gasteiger charge is 2.26. The first kappa shape index (κ1) is 15.6. The van der Waals surface area contributed by atoms with Crippen LogP contribution in [0.4, 0.5) is 15.3 Å². The summed E-state index contributed by atoms with van der Waals surface area (Å²) in [6.45, 7) is 1.88. The maximum atomic E-state index is 12.3. The SMILES string of the molecule is CCN(NC)C(=O)N(C(=O)NC[C]=O)c1ccccc1. The van der Waals surface area contributed by atoms with Crippen molar-refractivity contribution in [1.82, 2.24) is 15.8 Å². The molecule has 0 aromatic heterocycles. The number of carbonyl (C=O) groups is 2. The molecule has 0 fully saturated rings. The molecule has 0 aliphatic carbocycles. The molecule has 1 radical (unpaired) electrons. The number of rotatable bonds is 5. The molecule has 2 N–H and O–H groups in total. The van der Waals surface area contributed by atoms with Gasteiger partial charge in [0, 0.05) is 13.6 Å². The van der Waals surface area contributed by atoms with Gasteiger partial charge < -0.3 is 5.32 Å². The van der Waals surface area contributed by atoms with Gasteiger partial charge in [0.1, 0.15) is 0 Å². The molecule has 1 aromatic rings. The van der Waals surface area contributed by atoms with Crippen molar-refractivity contribution in [2.45, 2.75) is 6.92 Å². The Morgan fingerprint density at radius 1 is 1.25 bits per heavy atom. The standard InChI is InChI=1S/C13H17N4O3/c1-3-16(14-2)13(20)17(12(19)15-9-10-18)11-7-5-4-6-8-11/h4-8,14H,3,9H2,1-2H3,(H,15,19). The van der Waals surface area contributed by atoms with Crippen molar-refractivity contribution in [2.75, 3.05) is 25.0 Å². The maximum absolute atomic E-state index is 12.3. The third-order valence-corrected chi connectivity index (χ3v) is 2.54. The van der Waals surface area contributed by atoms with Gasteiger partial charge in [-0.3, -0.25) is 9.80 Å². The van der Waals surface area contributed by atoms with E-state index in [1.807, 2.05) is 0 Å². The molecule has 0 atom stereocenters. The van der Waals surface area contributed by atoms with Gasteiger partial charge in [-0.15, -0.1) is 0 Å². The summed E-state index contributed by atoms with van der Waals surface area (Å²) in [5.41, 5.74) is 3.11. The number of benzene rings is 1. The summed E-state index contributed by atoms with van der Waals surface area (Å²) in [6.07, 6.45) is 1.55. The first-order valence-corrected chi connectivity index (χ1v) is 6.12. The van der Waals surface area contributed by atoms with Crippen LogP contribution in [0.25, 0.3) is 0 Å². The Hall–Kier alpha value is -2.41. The molecule has 0 saturated heterocycles. The Morgan fingerprint density at radius 3 is 2.40 bits per heavy atom. The molecule has 0 aliphatic rings. The second-order valence-corrected chi connectivity index (χ2v) is 3.72. The highest BCUT2D eigenvalue weighted by Crippen LogP contribution is 2.15. The van der Waals surface area contributed by atoms with Crippen molar-refractivity contribution >= 4 is 24.0 Å². The zero-order chi connectivity index (χ0) is 15.0. The number of nitrogens with one attached hydrogen (secondary N) is 2. The quantitative estimate of drug-likeness (QED) is 0.783. The molecule has 107 valence electrons. The molecule has 20 heavy (non-hydrogen) atoms. The van der Waals surface area contributed by atoms with Crippen LogP contribution in [0.3, 0.4) is 0 Å². The molecule has 1 rings (SSSR count). The van der Waals surface area contributed by atoms with Crippen LogP contribution < -0.4 is 15.6 Å². The number of hydrazine groups is 1. The monoisotopic (exact) mass is 277 g/mol. The third-order valence-electron chi connectivity index (χ3n) is 2.54. The third kappa shape index (κ3) is 3.79. The lowest BCUT2D eigenvalue weighted by atomic mass is 10.3. The van der Waals surface area contributed by atoms with Gasteiger partial charge >= 0.3 is 12.1 Å². The van der Waals surface area contributed by atoms with Gasteiger partial charge in [-0.1, -0.05) is 18.2 Å². The molecule has 0 spiro atoms. The number of hydrogen-bond donors (Lipinski definition) is 2. The van der Waals surface area contributed by atoms with E-state index in [1.165, 1.54) is 5.01 Å². The molecule has 0 saturated carbocycles. The topological polar surface area (TPSA) is 81.8 Å². The van der Waals surface area contributed by atoms with Crippen molar-refractivity contribution in [1.29, 1.82) is 0 Å². The molecular formula is C13H17N4O3. The van der Waals surface area contributed by atoms with Gasteiger partial charge in [0.15, 0.2) is 0 Å². The normalized spacial score (nSPS) is 9.70. The number of amides is 4. The van der Waals surface area contributed by atoms with E-state index in [-0.39, 0.29) is 6.54 Å². The van der Waals surface area contributed by atoms with Gasteiger partial charge in [0.2, 0.25) is 6.29 Å². The van der Waals surface area contributed by atoms with Crippen LogP contribution in [0.1, 0.15) is 6.92 Å². The van der Waals surface area contributed by atoms with Gasteiger partial charge in [0.05, 0.1) is 12.2 Å². The highest BCUT2D eigenvalue weighted by molar-refractivity contribution is 6.13. The van der Waals surface area contributed by atoms with E-state index >= 15 is 0 Å². The molecule has 0 bridgehead atoms. The average Bonchev–Trinajstić information content (AvgIpc) is 2.47. The fourth-order valence-corrected chi connectivity index (χ4v) is 1.59. The number of imide groups is 1. The summed E-state index contributed by atoms with van der Waals surface area (Å²) in [5, 5.41) is 3.58. The number of nitrogens with zero attached hydrogens (tertiary/aromatic N) is 2. The first-order valence-electron chi connectivity index (χ1n) is 6.12. The molecule has 0 unspecified atom stereocenters. The number of anilines is 1. The van der Waals surface area contributed by atoms with Crippen LogP contribution >= 0.6 is 0 Å². The van der Waals surface area contributed by atoms with Crippen molar-refractivity contribution in [3.05, 3.63) is 30.3 Å². The minimum atomic E-state index is -0.682. The molecule has 0 heterocycles. The second kappa shape index (κ2) is 7.90. The van der Waals surface area contributed by atoms with Gasteiger partial charge in [-0.25, -0.2) is 19.9 Å². The molecule has 1 aromatic carbocycles. The number of para-hydroxylation sites is 1. The van der Waals surface area contributed by atoms with Crippen LogP contribution in [0.2, 0.25) is 0 Å². The fourth-order valence-electron chi connectivity index (χ4n) is 1.59. The summed E-state index contributed by atoms with van der Waals surface area (Å²) >= 11 is 0. The summed E-state index contributed by atoms with van der Waals surface area (Å²) < 4.78 is 0. The van der Waals surface area contributed by atoms with Crippen LogP contribution in [0.5, 0.6) is 0 Å². The van der Waals surface area contributed by atoms with E-state index in [4.69, 9.17) is 0 Å². The summed E-state index contributed by atoms with van der Waals surface area (Å²) in [7, 11) is 1.58. The predicted molar refractivity (Wildman–Crippen MR) is 74.8 cm³/mol. The molecule has 7 nitrogen and oxygen atoms in total. The van der Waals surface area contributed by atoms with E-state index < -0.39 is 12.1 Å². The van der Waals surface area contributed by atoms with E-state index in [1.54, 1.807) is 50.6 Å². The smallest absolute Gasteiger partial charge is 0.330 e. The Bertz CT molecular complexity index is 460. The van der Waals surface area contributed by atoms with E-state index in [0.29, 0.717) is 12.2 Å². The van der Waals surface area contributed by atoms with Crippen LogP contribution in [0.15, 0.2) is 30.3 Å². The Morgan fingerprint density at radius 2 is 1.90 bits per heavy atom. The van der Waals surface area contributed by atoms with E-state index in [0.717, 1.165) is 4.90 Å². The Labute approximate surface area is 117 Å². The number of carbonyl (C=O) groups excluding carboxylic acids is 3. The first-order chi connectivity index (χ1) is 9.65. The Kier molecular flexibility index (Phi) is 6.18. The van der Waals surface area contributed by atoms with Crippen molar-refractivity contribution < 1.29 is 14.4 Å². The van der Waals surface area contributed by atoms with Gasteiger partial charge in [-0.05, 0) is 19.1 Å². The zero-order valence-electron chi connectivity index (χ0n) is 11.4. The van der Waals surface area contributed by atoms with Gasteiger partial charge in [-0.2, -0.15) is 0 Å². The molecule has 0 aliphatic heterocycles. The van der Waals surface area contributed by atoms with E-state index in [2.05, 4.69) is 10.7 Å². The number of urea groups is 2. The summed E-state index contributed by atoms with van der Waals surface area (Å²) in [5.74, 6) is 0. The largest absolute Gasteiger partial charge is 0.347 e. The van der Waals surface area contributed by atoms with E-state index in [9.17, 15) is 14.4 Å². The maximum Gasteiger partial charge on any atom is 0.347 e. The van der Waals surface area contributed by atoms with Crippen molar-refractivity contribution in [3.63, 3.8) is 0 Å². The average molecular weight is 277 g/mol. The number of hydrogen-bond acceptors (Lipinski definition) is 4. The Balaban J connectivity index is 3.04. The lowest BCUT2D eigenvalue weighted by Crippen LogP contribution is -2.54. The molecule has 4 amide bonds. The lowest BCUT2D eigenvalue weighted by Gasteiger charge is -2.27.